The largest absolute Gasteiger partial charge is 0.397 e. The van der Waals surface area contributed by atoms with Gasteiger partial charge >= 0.3 is 0 Å². The van der Waals surface area contributed by atoms with Crippen LogP contribution in [0.5, 0.6) is 0 Å². The topological polar surface area (TPSA) is 54.7 Å². The van der Waals surface area contributed by atoms with E-state index < -0.39 is 0 Å². The summed E-state index contributed by atoms with van der Waals surface area (Å²) in [5, 5.41) is 2.30. The summed E-state index contributed by atoms with van der Waals surface area (Å²) in [6.07, 6.45) is 1.92. The smallest absolute Gasteiger partial charge is 0.0883 e. The predicted octanol–water partition coefficient (Wildman–Crippen LogP) is 3.40. The maximum atomic E-state index is 6.01. The molecule has 4 rings (SSSR count). The normalized spacial score (nSPS) is 11.6. The highest BCUT2D eigenvalue weighted by atomic mass is 14.8. The molecule has 0 bridgehead atoms. The molecule has 0 spiro atoms. The number of hydrogen-bond acceptors (Lipinski definition) is 2. The van der Waals surface area contributed by atoms with Crippen LogP contribution in [0.2, 0.25) is 0 Å². The summed E-state index contributed by atoms with van der Waals surface area (Å²) in [4.78, 5) is 7.86. The molecular weight excluding hydrogens is 222 g/mol. The number of nitrogen functional groups attached to an aromatic ring is 1. The van der Waals surface area contributed by atoms with Crippen molar-refractivity contribution in [3.05, 3.63) is 48.7 Å². The third-order valence-electron chi connectivity index (χ3n) is 3.39. The molecule has 2 aliphatic heterocycles. The molecule has 2 aliphatic rings. The molecule has 3 nitrogen and oxygen atoms in total. The fraction of sp³-hybridized carbons (Fsp3) is 0. The summed E-state index contributed by atoms with van der Waals surface area (Å²) in [5.41, 5.74) is 10.9. The van der Waals surface area contributed by atoms with Gasteiger partial charge in [0, 0.05) is 22.5 Å². The molecule has 18 heavy (non-hydrogen) atoms. The summed E-state index contributed by atoms with van der Waals surface area (Å²) in [6.45, 7) is 0. The minimum Gasteiger partial charge on any atom is -0.397 e. The van der Waals surface area contributed by atoms with Crippen LogP contribution >= 0.6 is 0 Å². The maximum Gasteiger partial charge on any atom is 0.0883 e. The molecule has 0 atom stereocenters. The summed E-state index contributed by atoms with van der Waals surface area (Å²) in [7, 11) is 0. The molecule has 3 heteroatoms. The predicted molar refractivity (Wildman–Crippen MR) is 74.6 cm³/mol. The van der Waals surface area contributed by atoms with E-state index in [-0.39, 0.29) is 0 Å². The van der Waals surface area contributed by atoms with Gasteiger partial charge in [-0.25, -0.2) is 4.98 Å². The van der Waals surface area contributed by atoms with Crippen molar-refractivity contribution in [1.82, 2.24) is 9.97 Å². The molecule has 2 aromatic rings. The van der Waals surface area contributed by atoms with Crippen LogP contribution in [0.1, 0.15) is 0 Å². The molecule has 86 valence electrons. The number of hydrogen-bond donors (Lipinski definition) is 2. The Labute approximate surface area is 104 Å². The lowest BCUT2D eigenvalue weighted by Gasteiger charge is -2.07. The van der Waals surface area contributed by atoms with E-state index in [1.807, 2.05) is 36.5 Å². The van der Waals surface area contributed by atoms with E-state index in [4.69, 9.17) is 5.73 Å². The van der Waals surface area contributed by atoms with E-state index in [0.717, 1.165) is 27.8 Å². The SMILES string of the molecule is Nc1cccc2c3c4ccccc4nc-3c[nH]c12. The van der Waals surface area contributed by atoms with Crippen molar-refractivity contribution in [2.45, 2.75) is 0 Å². The highest BCUT2D eigenvalue weighted by Crippen LogP contribution is 2.37. The Bertz CT molecular complexity index is 845. The average molecular weight is 233 g/mol. The maximum absolute atomic E-state index is 6.01. The molecule has 0 saturated heterocycles. The summed E-state index contributed by atoms with van der Waals surface area (Å²) < 4.78 is 0. The Morgan fingerprint density at radius 2 is 1.78 bits per heavy atom. The summed E-state index contributed by atoms with van der Waals surface area (Å²) >= 11 is 0. The van der Waals surface area contributed by atoms with Crippen molar-refractivity contribution in [1.29, 1.82) is 0 Å². The van der Waals surface area contributed by atoms with Gasteiger partial charge in [0.15, 0.2) is 0 Å². The minimum atomic E-state index is 0.764. The Morgan fingerprint density at radius 1 is 0.944 bits per heavy atom. The standard InChI is InChI=1S/C15H11N3/c16-11-6-3-5-10-14-9-4-1-2-7-12(9)18-13(14)8-17-15(10)11/h1-8,17H,16H2. The van der Waals surface area contributed by atoms with Crippen LogP contribution in [0.25, 0.3) is 33.1 Å². The van der Waals surface area contributed by atoms with Gasteiger partial charge in [-0.05, 0) is 12.1 Å². The fourth-order valence-electron chi connectivity index (χ4n) is 2.57. The van der Waals surface area contributed by atoms with Crippen LogP contribution < -0.4 is 5.73 Å². The van der Waals surface area contributed by atoms with Gasteiger partial charge in [0.05, 0.1) is 22.4 Å². The van der Waals surface area contributed by atoms with E-state index in [2.05, 4.69) is 22.1 Å². The van der Waals surface area contributed by atoms with Crippen molar-refractivity contribution in [2.24, 2.45) is 0 Å². The number of para-hydroxylation sites is 2. The van der Waals surface area contributed by atoms with Crippen molar-refractivity contribution in [3.63, 3.8) is 0 Å². The number of fused-ring (bicyclic) bond motifs is 5. The van der Waals surface area contributed by atoms with E-state index in [0.29, 0.717) is 0 Å². The van der Waals surface area contributed by atoms with Gasteiger partial charge in [0.2, 0.25) is 0 Å². The third kappa shape index (κ3) is 1.10. The van der Waals surface area contributed by atoms with Crippen molar-refractivity contribution in [3.8, 4) is 11.3 Å². The second-order valence-electron chi connectivity index (χ2n) is 4.45. The number of aromatic amines is 1. The Hall–Kier alpha value is -2.55. The van der Waals surface area contributed by atoms with Crippen molar-refractivity contribution < 1.29 is 0 Å². The lowest BCUT2D eigenvalue weighted by Crippen LogP contribution is -1.91. The molecule has 3 N–H and O–H groups in total. The van der Waals surface area contributed by atoms with Crippen LogP contribution in [0.3, 0.4) is 0 Å². The number of anilines is 1. The lowest BCUT2D eigenvalue weighted by atomic mass is 10.0. The van der Waals surface area contributed by atoms with Gasteiger partial charge in [-0.15, -0.1) is 0 Å². The first-order valence-electron chi connectivity index (χ1n) is 5.88. The molecule has 0 unspecified atom stereocenters. The summed E-state index contributed by atoms with van der Waals surface area (Å²) in [6, 6.07) is 14.2. The second-order valence-corrected chi connectivity index (χ2v) is 4.45. The van der Waals surface area contributed by atoms with E-state index in [1.165, 1.54) is 10.9 Å². The molecule has 0 aromatic heterocycles. The molecule has 0 aliphatic carbocycles. The molecule has 0 saturated carbocycles. The number of pyridine rings is 1. The van der Waals surface area contributed by atoms with E-state index in [9.17, 15) is 0 Å². The van der Waals surface area contributed by atoms with E-state index in [1.54, 1.807) is 0 Å². The van der Waals surface area contributed by atoms with Crippen molar-refractivity contribution >= 4 is 27.5 Å². The zero-order chi connectivity index (χ0) is 12.1. The first kappa shape index (κ1) is 9.48. The molecule has 0 radical (unpaired) electrons. The zero-order valence-corrected chi connectivity index (χ0v) is 9.64. The molecule has 2 heterocycles. The Balaban J connectivity index is 2.33. The number of benzene rings is 2. The van der Waals surface area contributed by atoms with E-state index >= 15 is 0 Å². The molecular formula is C15H11N3. The monoisotopic (exact) mass is 233 g/mol. The average Bonchev–Trinajstić information content (AvgIpc) is 2.77. The molecule has 2 aromatic carbocycles. The number of nitrogens with one attached hydrogen (secondary N) is 1. The summed E-state index contributed by atoms with van der Waals surface area (Å²) in [5.74, 6) is 0. The Morgan fingerprint density at radius 3 is 2.72 bits per heavy atom. The van der Waals surface area contributed by atoms with Crippen LogP contribution in [-0.2, 0) is 0 Å². The van der Waals surface area contributed by atoms with Crippen LogP contribution in [0, 0.1) is 0 Å². The quantitative estimate of drug-likeness (QED) is 0.457. The lowest BCUT2D eigenvalue weighted by molar-refractivity contribution is 1.35. The second kappa shape index (κ2) is 3.23. The zero-order valence-electron chi connectivity index (χ0n) is 9.64. The number of nitrogens with two attached hydrogens (primary N) is 1. The van der Waals surface area contributed by atoms with Crippen molar-refractivity contribution in [2.75, 3.05) is 5.73 Å². The number of aromatic nitrogens is 2. The van der Waals surface area contributed by atoms with Gasteiger partial charge in [-0.1, -0.05) is 30.3 Å². The van der Waals surface area contributed by atoms with Crippen LogP contribution in [0.4, 0.5) is 5.69 Å². The third-order valence-corrected chi connectivity index (χ3v) is 3.39. The number of nitrogens with zero attached hydrogens (tertiary/aromatic N) is 1. The van der Waals surface area contributed by atoms with Gasteiger partial charge < -0.3 is 10.7 Å². The highest BCUT2D eigenvalue weighted by Gasteiger charge is 2.15. The minimum absolute atomic E-state index is 0.764. The molecule has 0 fully saturated rings. The first-order valence-corrected chi connectivity index (χ1v) is 5.88. The first-order chi connectivity index (χ1) is 8.84. The van der Waals surface area contributed by atoms with Crippen LogP contribution in [-0.4, -0.2) is 9.97 Å². The highest BCUT2D eigenvalue weighted by molar-refractivity contribution is 6.11. The van der Waals surface area contributed by atoms with Gasteiger partial charge in [-0.2, -0.15) is 0 Å². The van der Waals surface area contributed by atoms with Gasteiger partial charge in [-0.3, -0.25) is 0 Å². The molecule has 0 amide bonds. The van der Waals surface area contributed by atoms with Gasteiger partial charge in [0.25, 0.3) is 0 Å². The van der Waals surface area contributed by atoms with Gasteiger partial charge in [0.1, 0.15) is 0 Å². The number of rotatable bonds is 0. The van der Waals surface area contributed by atoms with Crippen LogP contribution in [0.15, 0.2) is 48.7 Å². The fourth-order valence-corrected chi connectivity index (χ4v) is 2.57. The Kier molecular flexibility index (Phi) is 1.70. The number of H-pyrrole nitrogens is 1.